The molecule has 4 aliphatic heterocycles. The maximum Gasteiger partial charge on any atom is 0.472 e. The molecule has 0 spiro atoms. The number of ether oxygens (including phenoxy) is 4. The molecule has 4 saturated heterocycles. The highest BCUT2D eigenvalue weighted by Gasteiger charge is 2.55. The van der Waals surface area contributed by atoms with E-state index in [1.165, 1.54) is 21.8 Å². The highest BCUT2D eigenvalue weighted by Crippen LogP contribution is 2.54. The average molecular weight is 1250 g/mol. The molecule has 0 aliphatic carbocycles. The Bertz CT molecular complexity index is 3940. The van der Waals surface area contributed by atoms with Gasteiger partial charge in [-0.15, -0.1) is 0 Å². The predicted molar refractivity (Wildman–Crippen MR) is 274 cm³/mol. The molecule has 42 nitrogen and oxygen atoms in total. The van der Waals surface area contributed by atoms with E-state index in [-0.39, 0.29) is 67.9 Å². The summed E-state index contributed by atoms with van der Waals surface area (Å²) in [6.45, 7) is -3.83. The molecule has 85 heavy (non-hydrogen) atoms. The van der Waals surface area contributed by atoms with Crippen molar-refractivity contribution in [3.05, 3.63) is 50.6 Å². The molecule has 0 saturated carbocycles. The molecule has 3 unspecified atom stereocenters. The minimum Gasteiger partial charge on any atom is -0.394 e. The van der Waals surface area contributed by atoms with Gasteiger partial charge in [0.2, 0.25) is 0 Å². The fraction of sp³-hybridized carbons (Fsp3) is 0.500. The summed E-state index contributed by atoms with van der Waals surface area (Å²) < 4.78 is 102. The highest BCUT2D eigenvalue weighted by atomic mass is 31.2. The fourth-order valence-corrected chi connectivity index (χ4v) is 12.8. The molecule has 4 aliphatic rings. The minimum atomic E-state index is -5.57. The Morgan fingerprint density at radius 1 is 0.400 bits per heavy atom. The number of hydrogen-bond donors (Lipinski definition) is 13. The third kappa shape index (κ3) is 10.9. The average Bonchev–Trinajstić information content (AvgIpc) is 1.89. The van der Waals surface area contributed by atoms with Crippen LogP contribution in [0.3, 0.4) is 0 Å². The third-order valence-corrected chi connectivity index (χ3v) is 17.0. The first kappa shape index (κ1) is 58.7. The first-order chi connectivity index (χ1) is 40.5. The summed E-state index contributed by atoms with van der Waals surface area (Å²) in [6, 6.07) is 0. The van der Waals surface area contributed by atoms with E-state index >= 15 is 0 Å². The lowest BCUT2D eigenvalue weighted by molar-refractivity contribution is -0.0656. The first-order valence-electron chi connectivity index (χ1n) is 24.8. The zero-order chi connectivity index (χ0) is 60.0. The Morgan fingerprint density at radius 3 is 0.988 bits per heavy atom. The van der Waals surface area contributed by atoms with Crippen LogP contribution in [0.25, 0.3) is 44.7 Å². The van der Waals surface area contributed by atoms with Crippen LogP contribution >= 0.6 is 23.5 Å². The second-order valence-electron chi connectivity index (χ2n) is 19.2. The smallest absolute Gasteiger partial charge is 0.394 e. The van der Waals surface area contributed by atoms with Gasteiger partial charge in [-0.1, -0.05) is 0 Å². The van der Waals surface area contributed by atoms with Gasteiger partial charge >= 0.3 is 23.5 Å². The van der Waals surface area contributed by atoms with Gasteiger partial charge in [0.05, 0.1) is 51.7 Å². The van der Waals surface area contributed by atoms with Crippen molar-refractivity contribution in [3.63, 3.8) is 0 Å². The van der Waals surface area contributed by atoms with Crippen molar-refractivity contribution < 1.29 is 105 Å². The number of aliphatic hydroxyl groups excluding tert-OH is 6. The summed E-state index contributed by atoms with van der Waals surface area (Å²) in [6.07, 6.45) is -18.8. The number of aromatic nitrogens is 16. The number of rotatable bonds is 20. The summed E-state index contributed by atoms with van der Waals surface area (Å²) in [5.74, 6) is -0.250. The molecule has 12 rings (SSSR count). The largest absolute Gasteiger partial charge is 0.472 e. The summed E-state index contributed by atoms with van der Waals surface area (Å²) in [4.78, 5) is 82.2. The number of imidazole rings is 4. The molecular weight excluding hydrogens is 1210 g/mol. The number of phosphoric acid groups is 3. The van der Waals surface area contributed by atoms with E-state index in [2.05, 4.69) is 59.8 Å². The Morgan fingerprint density at radius 2 is 0.671 bits per heavy atom. The molecule has 0 bridgehead atoms. The molecule has 17 N–H and O–H groups in total. The molecule has 12 heterocycles. The monoisotopic (exact) mass is 1250 g/mol. The van der Waals surface area contributed by atoms with E-state index in [9.17, 15) is 59.0 Å². The lowest BCUT2D eigenvalue weighted by Gasteiger charge is -2.25. The van der Waals surface area contributed by atoms with Gasteiger partial charge < -0.3 is 87.2 Å². The van der Waals surface area contributed by atoms with E-state index < -0.39 is 148 Å². The number of phosphoric ester groups is 3. The quantitative estimate of drug-likeness (QED) is 0.0320. The summed E-state index contributed by atoms with van der Waals surface area (Å²) >= 11 is 0. The minimum absolute atomic E-state index is 0.00138. The number of anilines is 4. The van der Waals surface area contributed by atoms with Crippen LogP contribution in [0.5, 0.6) is 0 Å². The highest BCUT2D eigenvalue weighted by molar-refractivity contribution is 7.48. The van der Waals surface area contributed by atoms with Gasteiger partial charge in [0, 0.05) is 0 Å². The molecule has 8 aromatic heterocycles. The number of fused-ring (bicyclic) bond motifs is 4. The Hall–Kier alpha value is -6.67. The first-order valence-corrected chi connectivity index (χ1v) is 29.3. The fourth-order valence-electron chi connectivity index (χ4n) is 9.97. The third-order valence-electron chi connectivity index (χ3n) is 14.1. The Labute approximate surface area is 471 Å². The van der Waals surface area contributed by atoms with Crippen molar-refractivity contribution in [2.75, 3.05) is 49.4 Å². The number of nitrogens with two attached hydrogens (primary N) is 4. The summed E-state index contributed by atoms with van der Waals surface area (Å²) in [5, 5.41) is 66.5. The van der Waals surface area contributed by atoms with Crippen molar-refractivity contribution in [1.82, 2.24) is 78.1 Å². The van der Waals surface area contributed by atoms with Gasteiger partial charge in [0.15, 0.2) is 70.8 Å². The molecule has 0 aromatic carbocycles. The van der Waals surface area contributed by atoms with E-state index in [0.29, 0.717) is 0 Å². The summed E-state index contributed by atoms with van der Waals surface area (Å²) in [7, 11) is -16.4. The van der Waals surface area contributed by atoms with Gasteiger partial charge in [-0.2, -0.15) is 0 Å². The SMILES string of the molecule is Nc1ncnc2c1ncn2[C@@H]1O[C@H](COP(=O)(O)O[C@@H]2[C@H](O)[C@@H](COP(=O)(O)O[C@@H]3[C@H](O)[C@@H](COP(=O)(O)O[C@@H]4[C@H](O)[C@@H](CO)O[C@H]4n4cnc5c(N)ncnc54)O[C@H]3n3cnc4c(N)ncnc43)O[C@H]2n2cnc3c(N)ncnc32)[C@@H](O)[C@H]1O. The lowest BCUT2D eigenvalue weighted by atomic mass is 10.1. The van der Waals surface area contributed by atoms with Crippen LogP contribution in [-0.2, 0) is 59.8 Å². The van der Waals surface area contributed by atoms with Crippen LogP contribution in [0.4, 0.5) is 23.3 Å². The van der Waals surface area contributed by atoms with Crippen molar-refractivity contribution >= 4 is 91.4 Å². The van der Waals surface area contributed by atoms with Gasteiger partial charge in [0.1, 0.15) is 121 Å². The maximum atomic E-state index is 14.1. The van der Waals surface area contributed by atoms with Crippen LogP contribution in [0.1, 0.15) is 24.9 Å². The normalized spacial score (nSPS) is 32.0. The Kier molecular flexibility index (Phi) is 15.6. The van der Waals surface area contributed by atoms with Crippen molar-refractivity contribution in [2.45, 2.75) is 98.2 Å². The Balaban J connectivity index is 0.749. The van der Waals surface area contributed by atoms with E-state index in [4.69, 9.17) is 69.0 Å². The van der Waals surface area contributed by atoms with E-state index in [1.807, 2.05) is 0 Å². The van der Waals surface area contributed by atoms with Crippen molar-refractivity contribution in [1.29, 1.82) is 0 Å². The van der Waals surface area contributed by atoms with Crippen LogP contribution in [-0.4, -0.2) is 223 Å². The van der Waals surface area contributed by atoms with Crippen LogP contribution < -0.4 is 22.9 Å². The molecule has 456 valence electrons. The standard InChI is InChI=1S/C40H49N20O22P3/c41-29-17-33(49-5-45-29)57(9-53-17)37-25(66)21(62)14(77-37)2-73-83(67,68)81-27-23(64)16(79-39(27)59-11-55-19-31(43)47-7-51-35(19)59)4-75-85(71,72)82-28-24(65)15(78-40(28)60-12-56-20-32(44)48-8-52-36(20)60)3-74-84(69,70)80-26-22(63)13(1-61)76-38(26)58-10-54-18-30(42)46-6-50-34(18)58/h5-16,21-28,37-40,61-66H,1-4H2,(H,67,68)(H,69,70)(H,71,72)(H2,41,45,49)(H2,42,46,50)(H2,43,47,51)(H2,44,48,52)/t13-,14-,15-,16-,21-,22-,23-,24-,25-,26-,27-,28-,37-,38-,39-,40-/m1/s1. The van der Waals surface area contributed by atoms with Crippen LogP contribution in [0, 0.1) is 0 Å². The van der Waals surface area contributed by atoms with E-state index in [0.717, 1.165) is 47.1 Å². The van der Waals surface area contributed by atoms with E-state index in [1.54, 1.807) is 0 Å². The summed E-state index contributed by atoms with van der Waals surface area (Å²) in [5.41, 5.74) is 24.2. The number of nitrogens with zero attached hydrogens (tertiary/aromatic N) is 16. The number of aliphatic hydroxyl groups is 6. The zero-order valence-corrected chi connectivity index (χ0v) is 45.5. The molecular formula is C40H49N20O22P3. The molecule has 0 radical (unpaired) electrons. The van der Waals surface area contributed by atoms with Crippen LogP contribution in [0.2, 0.25) is 0 Å². The van der Waals surface area contributed by atoms with Gasteiger partial charge in [-0.25, -0.2) is 73.5 Å². The van der Waals surface area contributed by atoms with Crippen molar-refractivity contribution in [2.24, 2.45) is 0 Å². The number of nitrogen functional groups attached to an aromatic ring is 4. The molecule has 8 aromatic rings. The molecule has 19 atom stereocenters. The molecule has 0 amide bonds. The van der Waals surface area contributed by atoms with Crippen LogP contribution in [0.15, 0.2) is 50.6 Å². The lowest BCUT2D eigenvalue weighted by Crippen LogP contribution is -2.37. The topological polar surface area (TPSA) is 604 Å². The van der Waals surface area contributed by atoms with Gasteiger partial charge in [-0.05, 0) is 0 Å². The molecule has 45 heteroatoms. The van der Waals surface area contributed by atoms with Gasteiger partial charge in [-0.3, -0.25) is 45.4 Å². The van der Waals surface area contributed by atoms with Gasteiger partial charge in [0.25, 0.3) is 0 Å². The second-order valence-corrected chi connectivity index (χ2v) is 23.4. The number of hydrogen-bond acceptors (Lipinski definition) is 35. The maximum absolute atomic E-state index is 14.1. The second kappa shape index (κ2) is 22.6. The molecule has 4 fully saturated rings. The zero-order valence-electron chi connectivity index (χ0n) is 42.8. The predicted octanol–water partition coefficient (Wildman–Crippen LogP) is -4.43. The van der Waals surface area contributed by atoms with Crippen molar-refractivity contribution in [3.8, 4) is 0 Å².